The van der Waals surface area contributed by atoms with Crippen molar-refractivity contribution in [3.05, 3.63) is 71.3 Å². The van der Waals surface area contributed by atoms with Crippen LogP contribution in [0.1, 0.15) is 25.0 Å². The summed E-state index contributed by atoms with van der Waals surface area (Å²) in [5, 5.41) is 8.22. The highest BCUT2D eigenvalue weighted by molar-refractivity contribution is 6.01. The van der Waals surface area contributed by atoms with Crippen molar-refractivity contribution in [2.45, 2.75) is 13.8 Å². The SMILES string of the molecule is C/C(=N/N=C(/C)c1ccc(F)cc1)c1ccc(F)cc1. The highest BCUT2D eigenvalue weighted by atomic mass is 19.1. The zero-order chi connectivity index (χ0) is 14.5. The van der Waals surface area contributed by atoms with E-state index in [0.29, 0.717) is 11.4 Å². The Kier molecular flexibility index (Phi) is 4.35. The van der Waals surface area contributed by atoms with Crippen LogP contribution in [0.3, 0.4) is 0 Å². The number of hydrogen-bond donors (Lipinski definition) is 0. The second kappa shape index (κ2) is 6.19. The number of benzene rings is 2. The van der Waals surface area contributed by atoms with Crippen LogP contribution in [0.5, 0.6) is 0 Å². The van der Waals surface area contributed by atoms with Crippen molar-refractivity contribution in [3.8, 4) is 0 Å². The molecule has 0 aliphatic carbocycles. The summed E-state index contributed by atoms with van der Waals surface area (Å²) in [6.45, 7) is 3.60. The number of halogens is 2. The van der Waals surface area contributed by atoms with Gasteiger partial charge in [0.05, 0.1) is 11.4 Å². The average Bonchev–Trinajstić information content (AvgIpc) is 2.46. The second-order valence-electron chi connectivity index (χ2n) is 4.38. The van der Waals surface area contributed by atoms with Crippen molar-refractivity contribution < 1.29 is 8.78 Å². The summed E-state index contributed by atoms with van der Waals surface area (Å²) in [5.41, 5.74) is 2.99. The monoisotopic (exact) mass is 272 g/mol. The Morgan fingerprint density at radius 1 is 0.650 bits per heavy atom. The molecule has 102 valence electrons. The number of nitrogens with zero attached hydrogens (tertiary/aromatic N) is 2. The molecule has 0 aromatic heterocycles. The van der Waals surface area contributed by atoms with E-state index in [1.54, 1.807) is 38.1 Å². The lowest BCUT2D eigenvalue weighted by atomic mass is 10.1. The van der Waals surface area contributed by atoms with Crippen LogP contribution in [0.15, 0.2) is 58.7 Å². The van der Waals surface area contributed by atoms with Gasteiger partial charge in [0, 0.05) is 0 Å². The lowest BCUT2D eigenvalue weighted by Crippen LogP contribution is -1.97. The Morgan fingerprint density at radius 3 is 1.25 bits per heavy atom. The normalized spacial score (nSPS) is 12.6. The molecule has 4 heteroatoms. The van der Waals surface area contributed by atoms with Gasteiger partial charge in [0.1, 0.15) is 11.6 Å². The Bertz CT molecular complexity index is 582. The highest BCUT2D eigenvalue weighted by Gasteiger charge is 1.99. The van der Waals surface area contributed by atoms with Gasteiger partial charge >= 0.3 is 0 Å². The Morgan fingerprint density at radius 2 is 0.950 bits per heavy atom. The maximum atomic E-state index is 12.8. The van der Waals surface area contributed by atoms with Gasteiger partial charge in [-0.25, -0.2) is 8.78 Å². The summed E-state index contributed by atoms with van der Waals surface area (Å²) in [6.07, 6.45) is 0. The Hall–Kier alpha value is -2.36. The van der Waals surface area contributed by atoms with Crippen molar-refractivity contribution in [2.24, 2.45) is 10.2 Å². The van der Waals surface area contributed by atoms with Gasteiger partial charge in [-0.3, -0.25) is 0 Å². The lowest BCUT2D eigenvalue weighted by Gasteiger charge is -2.00. The van der Waals surface area contributed by atoms with Crippen LogP contribution in [0, 0.1) is 11.6 Å². The summed E-state index contributed by atoms with van der Waals surface area (Å²) < 4.78 is 25.6. The number of hydrogen-bond acceptors (Lipinski definition) is 2. The smallest absolute Gasteiger partial charge is 0.123 e. The standard InChI is InChI=1S/C16H14F2N2/c1-11(13-3-7-15(17)8-4-13)19-20-12(2)14-5-9-16(18)10-6-14/h3-10H,1-2H3/b19-11-,20-12-. The molecule has 0 spiro atoms. The molecule has 0 N–H and O–H groups in total. The second-order valence-corrected chi connectivity index (χ2v) is 4.38. The third-order valence-electron chi connectivity index (χ3n) is 2.87. The zero-order valence-electron chi connectivity index (χ0n) is 11.3. The van der Waals surface area contributed by atoms with Crippen molar-refractivity contribution in [2.75, 3.05) is 0 Å². The van der Waals surface area contributed by atoms with E-state index in [0.717, 1.165) is 11.1 Å². The molecule has 0 atom stereocenters. The molecular formula is C16H14F2N2. The van der Waals surface area contributed by atoms with E-state index < -0.39 is 0 Å². The molecule has 0 fully saturated rings. The summed E-state index contributed by atoms with van der Waals surface area (Å²) in [4.78, 5) is 0. The first-order valence-corrected chi connectivity index (χ1v) is 6.17. The fourth-order valence-electron chi connectivity index (χ4n) is 1.65. The van der Waals surface area contributed by atoms with Crippen LogP contribution >= 0.6 is 0 Å². The van der Waals surface area contributed by atoms with Crippen LogP contribution < -0.4 is 0 Å². The maximum absolute atomic E-state index is 12.8. The Labute approximate surface area is 116 Å². The highest BCUT2D eigenvalue weighted by Crippen LogP contribution is 2.07. The molecular weight excluding hydrogens is 258 g/mol. The van der Waals surface area contributed by atoms with Crippen LogP contribution in [-0.4, -0.2) is 11.4 Å². The van der Waals surface area contributed by atoms with Gasteiger partial charge in [0.2, 0.25) is 0 Å². The molecule has 0 heterocycles. The third kappa shape index (κ3) is 3.57. The van der Waals surface area contributed by atoms with Gasteiger partial charge in [-0.2, -0.15) is 10.2 Å². The van der Waals surface area contributed by atoms with Gasteiger partial charge < -0.3 is 0 Å². The summed E-state index contributed by atoms with van der Waals surface area (Å²) in [7, 11) is 0. The van der Waals surface area contributed by atoms with Gasteiger partial charge in [-0.05, 0) is 49.2 Å². The molecule has 0 aliphatic heterocycles. The minimum atomic E-state index is -0.285. The first-order chi connectivity index (χ1) is 9.56. The predicted molar refractivity (Wildman–Crippen MR) is 77.2 cm³/mol. The first-order valence-electron chi connectivity index (χ1n) is 6.17. The van der Waals surface area contributed by atoms with Crippen molar-refractivity contribution in [3.63, 3.8) is 0 Å². The molecule has 0 aliphatic rings. The van der Waals surface area contributed by atoms with E-state index in [2.05, 4.69) is 10.2 Å². The lowest BCUT2D eigenvalue weighted by molar-refractivity contribution is 0.627. The summed E-state index contributed by atoms with van der Waals surface area (Å²) >= 11 is 0. The number of rotatable bonds is 3. The Balaban J connectivity index is 2.19. The molecule has 0 saturated heterocycles. The molecule has 2 rings (SSSR count). The van der Waals surface area contributed by atoms with Crippen molar-refractivity contribution in [1.29, 1.82) is 0 Å². The van der Waals surface area contributed by atoms with Crippen LogP contribution in [0.4, 0.5) is 8.78 Å². The molecule has 2 aromatic rings. The maximum Gasteiger partial charge on any atom is 0.123 e. The van der Waals surface area contributed by atoms with E-state index in [-0.39, 0.29) is 11.6 Å². The molecule has 0 saturated carbocycles. The van der Waals surface area contributed by atoms with E-state index in [1.807, 2.05) is 0 Å². The zero-order valence-corrected chi connectivity index (χ0v) is 11.3. The van der Waals surface area contributed by atoms with Crippen molar-refractivity contribution in [1.82, 2.24) is 0 Å². The molecule has 2 nitrogen and oxygen atoms in total. The molecule has 0 radical (unpaired) electrons. The minimum absolute atomic E-state index is 0.285. The largest absolute Gasteiger partial charge is 0.207 e. The van der Waals surface area contributed by atoms with Crippen LogP contribution in [-0.2, 0) is 0 Å². The molecule has 0 bridgehead atoms. The molecule has 20 heavy (non-hydrogen) atoms. The van der Waals surface area contributed by atoms with Crippen LogP contribution in [0.25, 0.3) is 0 Å². The average molecular weight is 272 g/mol. The van der Waals surface area contributed by atoms with E-state index >= 15 is 0 Å². The molecule has 0 unspecified atom stereocenters. The summed E-state index contributed by atoms with van der Waals surface area (Å²) in [5.74, 6) is -0.569. The van der Waals surface area contributed by atoms with Gasteiger partial charge in [-0.15, -0.1) is 0 Å². The van der Waals surface area contributed by atoms with Gasteiger partial charge in [-0.1, -0.05) is 24.3 Å². The third-order valence-corrected chi connectivity index (χ3v) is 2.87. The fourth-order valence-corrected chi connectivity index (χ4v) is 1.65. The van der Waals surface area contributed by atoms with Gasteiger partial charge in [0.15, 0.2) is 0 Å². The quantitative estimate of drug-likeness (QED) is 0.591. The molecule has 2 aromatic carbocycles. The predicted octanol–water partition coefficient (Wildman–Crippen LogP) is 4.20. The van der Waals surface area contributed by atoms with Crippen LogP contribution in [0.2, 0.25) is 0 Å². The fraction of sp³-hybridized carbons (Fsp3) is 0.125. The van der Waals surface area contributed by atoms with E-state index in [9.17, 15) is 8.78 Å². The summed E-state index contributed by atoms with van der Waals surface area (Å²) in [6, 6.07) is 12.1. The minimum Gasteiger partial charge on any atom is -0.207 e. The van der Waals surface area contributed by atoms with Gasteiger partial charge in [0.25, 0.3) is 0 Å². The van der Waals surface area contributed by atoms with E-state index in [1.165, 1.54) is 24.3 Å². The van der Waals surface area contributed by atoms with Crippen molar-refractivity contribution >= 4 is 11.4 Å². The topological polar surface area (TPSA) is 24.7 Å². The van der Waals surface area contributed by atoms with E-state index in [4.69, 9.17) is 0 Å². The first kappa shape index (κ1) is 14.1. The molecule has 0 amide bonds.